The van der Waals surface area contributed by atoms with E-state index in [4.69, 9.17) is 0 Å². The molecule has 3 rings (SSSR count). The van der Waals surface area contributed by atoms with Crippen LogP contribution in [0.2, 0.25) is 0 Å². The van der Waals surface area contributed by atoms with E-state index in [1.54, 1.807) is 18.6 Å². The number of nitrogens with zero attached hydrogens (tertiary/aromatic N) is 3. The van der Waals surface area contributed by atoms with E-state index in [2.05, 4.69) is 20.3 Å². The van der Waals surface area contributed by atoms with Crippen LogP contribution in [0.25, 0.3) is 10.6 Å². The maximum atomic E-state index is 12.2. The summed E-state index contributed by atoms with van der Waals surface area (Å²) in [5.74, 6) is -0.115. The number of nitrogens with one attached hydrogen (secondary N) is 1. The van der Waals surface area contributed by atoms with Gasteiger partial charge in [-0.25, -0.2) is 9.97 Å². The fourth-order valence-corrected chi connectivity index (χ4v) is 3.33. The van der Waals surface area contributed by atoms with Crippen molar-refractivity contribution < 1.29 is 4.79 Å². The van der Waals surface area contributed by atoms with Crippen LogP contribution in [0.4, 0.5) is 0 Å². The van der Waals surface area contributed by atoms with E-state index in [1.165, 1.54) is 22.7 Å². The average Bonchev–Trinajstić information content (AvgIpc) is 3.15. The van der Waals surface area contributed by atoms with Gasteiger partial charge in [-0.3, -0.25) is 9.78 Å². The van der Waals surface area contributed by atoms with Crippen molar-refractivity contribution in [1.29, 1.82) is 0 Å². The van der Waals surface area contributed by atoms with E-state index in [0.717, 1.165) is 21.3 Å². The summed E-state index contributed by atoms with van der Waals surface area (Å²) in [6.07, 6.45) is 5.19. The van der Waals surface area contributed by atoms with Gasteiger partial charge in [-0.15, -0.1) is 22.7 Å². The number of carbonyl (C=O) groups is 1. The van der Waals surface area contributed by atoms with Gasteiger partial charge in [0, 0.05) is 29.5 Å². The summed E-state index contributed by atoms with van der Waals surface area (Å²) in [6, 6.07) is 3.79. The zero-order valence-electron chi connectivity index (χ0n) is 11.2. The van der Waals surface area contributed by atoms with Gasteiger partial charge in [-0.2, -0.15) is 0 Å². The Hall–Kier alpha value is -2.12. The van der Waals surface area contributed by atoms with Crippen LogP contribution in [0.3, 0.4) is 0 Å². The Morgan fingerprint density at radius 3 is 3.00 bits per heavy atom. The fraction of sp³-hybridized carbons (Fsp3) is 0.143. The van der Waals surface area contributed by atoms with Crippen molar-refractivity contribution >= 4 is 28.6 Å². The third-order valence-electron chi connectivity index (χ3n) is 2.79. The Kier molecular flexibility index (Phi) is 4.03. The second kappa shape index (κ2) is 6.11. The van der Waals surface area contributed by atoms with Crippen LogP contribution in [0, 0.1) is 6.92 Å². The van der Waals surface area contributed by atoms with Gasteiger partial charge in [0.05, 0.1) is 12.2 Å². The minimum atomic E-state index is -0.115. The van der Waals surface area contributed by atoms with Crippen molar-refractivity contribution in [2.24, 2.45) is 0 Å². The molecule has 7 heteroatoms. The summed E-state index contributed by atoms with van der Waals surface area (Å²) in [6.45, 7) is 2.28. The molecule has 0 aliphatic carbocycles. The largest absolute Gasteiger partial charge is 0.345 e. The molecule has 0 fully saturated rings. The lowest BCUT2D eigenvalue weighted by Gasteiger charge is -2.00. The lowest BCUT2D eigenvalue weighted by Crippen LogP contribution is -2.22. The molecule has 1 N–H and O–H groups in total. The monoisotopic (exact) mass is 316 g/mol. The Labute approximate surface area is 129 Å². The van der Waals surface area contributed by atoms with Crippen molar-refractivity contribution in [3.05, 3.63) is 51.7 Å². The van der Waals surface area contributed by atoms with Gasteiger partial charge in [-0.05, 0) is 19.1 Å². The number of aromatic nitrogens is 3. The maximum absolute atomic E-state index is 12.2. The predicted molar refractivity (Wildman–Crippen MR) is 83.4 cm³/mol. The highest BCUT2D eigenvalue weighted by molar-refractivity contribution is 7.17. The molecule has 0 unspecified atom stereocenters. The van der Waals surface area contributed by atoms with Crippen molar-refractivity contribution in [3.8, 4) is 10.6 Å². The lowest BCUT2D eigenvalue weighted by molar-refractivity contribution is 0.0954. The van der Waals surface area contributed by atoms with Gasteiger partial charge >= 0.3 is 0 Å². The molecule has 0 aromatic carbocycles. The van der Waals surface area contributed by atoms with Crippen molar-refractivity contribution in [2.45, 2.75) is 13.5 Å². The number of thiazole rings is 2. The van der Waals surface area contributed by atoms with E-state index in [1.807, 2.05) is 24.4 Å². The molecular formula is C14H12N4OS2. The Morgan fingerprint density at radius 2 is 2.29 bits per heavy atom. The van der Waals surface area contributed by atoms with Gasteiger partial charge in [0.1, 0.15) is 14.9 Å². The second-order valence-electron chi connectivity index (χ2n) is 4.28. The molecule has 0 aliphatic heterocycles. The van der Waals surface area contributed by atoms with Crippen molar-refractivity contribution in [2.75, 3.05) is 0 Å². The highest BCUT2D eigenvalue weighted by atomic mass is 32.1. The van der Waals surface area contributed by atoms with Crippen molar-refractivity contribution in [1.82, 2.24) is 20.3 Å². The first-order valence-electron chi connectivity index (χ1n) is 6.28. The van der Waals surface area contributed by atoms with E-state index < -0.39 is 0 Å². The number of rotatable bonds is 4. The molecule has 3 aromatic rings. The van der Waals surface area contributed by atoms with Crippen LogP contribution < -0.4 is 5.32 Å². The molecule has 0 bridgehead atoms. The molecule has 3 aromatic heterocycles. The quantitative estimate of drug-likeness (QED) is 0.803. The first kappa shape index (κ1) is 13.8. The molecule has 0 aliphatic rings. The summed E-state index contributed by atoms with van der Waals surface area (Å²) >= 11 is 2.90. The standard InChI is InChI=1S/C14H12N4OS2/c1-9-12(13(19)17-8-11-16-5-6-20-11)21-14(18-9)10-3-2-4-15-7-10/h2-7H,8H2,1H3,(H,17,19). The van der Waals surface area contributed by atoms with E-state index in [9.17, 15) is 4.79 Å². The molecule has 5 nitrogen and oxygen atoms in total. The van der Waals surface area contributed by atoms with Crippen LogP contribution in [-0.4, -0.2) is 20.9 Å². The number of hydrogen-bond acceptors (Lipinski definition) is 6. The first-order valence-corrected chi connectivity index (χ1v) is 7.98. The molecule has 1 amide bonds. The number of aryl methyl sites for hydroxylation is 1. The fourth-order valence-electron chi connectivity index (χ4n) is 1.80. The van der Waals surface area contributed by atoms with E-state index >= 15 is 0 Å². The van der Waals surface area contributed by atoms with Crippen LogP contribution in [0.1, 0.15) is 20.4 Å². The topological polar surface area (TPSA) is 67.8 Å². The smallest absolute Gasteiger partial charge is 0.263 e. The summed E-state index contributed by atoms with van der Waals surface area (Å²) in [7, 11) is 0. The zero-order chi connectivity index (χ0) is 14.7. The van der Waals surface area contributed by atoms with Gasteiger partial charge in [-0.1, -0.05) is 0 Å². The Bertz CT molecular complexity index is 738. The lowest BCUT2D eigenvalue weighted by atomic mass is 10.3. The predicted octanol–water partition coefficient (Wildman–Crippen LogP) is 2.90. The Morgan fingerprint density at radius 1 is 1.38 bits per heavy atom. The van der Waals surface area contributed by atoms with Crippen LogP contribution in [0.5, 0.6) is 0 Å². The number of carbonyl (C=O) groups excluding carboxylic acids is 1. The maximum Gasteiger partial charge on any atom is 0.263 e. The number of hydrogen-bond donors (Lipinski definition) is 1. The molecule has 3 heterocycles. The van der Waals surface area contributed by atoms with Gasteiger partial charge in [0.2, 0.25) is 0 Å². The molecular weight excluding hydrogens is 304 g/mol. The zero-order valence-corrected chi connectivity index (χ0v) is 12.9. The highest BCUT2D eigenvalue weighted by Crippen LogP contribution is 2.27. The molecule has 106 valence electrons. The first-order chi connectivity index (χ1) is 10.2. The summed E-state index contributed by atoms with van der Waals surface area (Å²) in [5.41, 5.74) is 1.65. The highest BCUT2D eigenvalue weighted by Gasteiger charge is 2.16. The normalized spacial score (nSPS) is 10.5. The van der Waals surface area contributed by atoms with Crippen LogP contribution in [0.15, 0.2) is 36.1 Å². The summed E-state index contributed by atoms with van der Waals surface area (Å²) < 4.78 is 0. The Balaban J connectivity index is 1.76. The van der Waals surface area contributed by atoms with E-state index in [0.29, 0.717) is 11.4 Å². The molecule has 0 atom stereocenters. The van der Waals surface area contributed by atoms with Crippen LogP contribution >= 0.6 is 22.7 Å². The summed E-state index contributed by atoms with van der Waals surface area (Å²) in [5, 5.41) is 6.45. The molecule has 21 heavy (non-hydrogen) atoms. The minimum Gasteiger partial charge on any atom is -0.345 e. The minimum absolute atomic E-state index is 0.115. The van der Waals surface area contributed by atoms with Crippen LogP contribution in [-0.2, 0) is 6.54 Å². The molecule has 0 spiro atoms. The number of amides is 1. The molecule has 0 saturated carbocycles. The SMILES string of the molecule is Cc1nc(-c2cccnc2)sc1C(=O)NCc1nccs1. The third-order valence-corrected chi connectivity index (χ3v) is 4.78. The number of pyridine rings is 1. The van der Waals surface area contributed by atoms with Gasteiger partial charge in [0.25, 0.3) is 5.91 Å². The van der Waals surface area contributed by atoms with E-state index in [-0.39, 0.29) is 5.91 Å². The molecule has 0 saturated heterocycles. The summed E-state index contributed by atoms with van der Waals surface area (Å²) in [4.78, 5) is 25.5. The second-order valence-corrected chi connectivity index (χ2v) is 6.26. The average molecular weight is 316 g/mol. The van der Waals surface area contributed by atoms with Crippen molar-refractivity contribution in [3.63, 3.8) is 0 Å². The van der Waals surface area contributed by atoms with Gasteiger partial charge in [0.15, 0.2) is 0 Å². The third kappa shape index (κ3) is 3.14. The van der Waals surface area contributed by atoms with Gasteiger partial charge < -0.3 is 5.32 Å². The molecule has 0 radical (unpaired) electrons.